The van der Waals surface area contributed by atoms with Gasteiger partial charge < -0.3 is 10.4 Å². The molecule has 8 nitrogen and oxygen atoms in total. The standard InChI is InChI=1S/C15H23N5O3/c1-8(2)12(7-21)18-13(22)6-5-11-9(3)16-15-17-10(4)19-20(15)14(11)23/h8,12,21H,5-7H2,1-4H3,(H,18,22)(H,16,17,19). The number of carbonyl (C=O) groups is 1. The second-order valence-corrected chi connectivity index (χ2v) is 6.03. The van der Waals surface area contributed by atoms with Crippen LogP contribution in [0.5, 0.6) is 0 Å². The molecular weight excluding hydrogens is 298 g/mol. The van der Waals surface area contributed by atoms with Gasteiger partial charge in [-0.15, -0.1) is 0 Å². The first-order chi connectivity index (χ1) is 10.8. The molecule has 1 amide bonds. The summed E-state index contributed by atoms with van der Waals surface area (Å²) in [5, 5.41) is 14.9. The molecule has 0 aromatic carbocycles. The predicted octanol–water partition coefficient (Wildman–Crippen LogP) is 0.100. The van der Waals surface area contributed by atoms with Crippen molar-refractivity contribution in [3.8, 4) is 0 Å². The molecule has 0 radical (unpaired) electrons. The third kappa shape index (κ3) is 3.76. The van der Waals surface area contributed by atoms with Crippen molar-refractivity contribution in [2.24, 2.45) is 5.92 Å². The molecule has 0 bridgehead atoms. The average Bonchev–Trinajstić information content (AvgIpc) is 2.84. The normalized spacial score (nSPS) is 12.8. The lowest BCUT2D eigenvalue weighted by Crippen LogP contribution is -2.41. The summed E-state index contributed by atoms with van der Waals surface area (Å²) in [5.74, 6) is 0.884. The summed E-state index contributed by atoms with van der Waals surface area (Å²) in [4.78, 5) is 32.9. The predicted molar refractivity (Wildman–Crippen MR) is 85.3 cm³/mol. The van der Waals surface area contributed by atoms with E-state index in [0.717, 1.165) is 0 Å². The van der Waals surface area contributed by atoms with E-state index in [1.807, 2.05) is 13.8 Å². The fourth-order valence-corrected chi connectivity index (χ4v) is 2.39. The zero-order valence-electron chi connectivity index (χ0n) is 13.9. The van der Waals surface area contributed by atoms with E-state index in [9.17, 15) is 14.7 Å². The molecule has 2 heterocycles. The molecule has 0 aliphatic carbocycles. The van der Waals surface area contributed by atoms with Gasteiger partial charge in [0.2, 0.25) is 5.91 Å². The smallest absolute Gasteiger partial charge is 0.277 e. The van der Waals surface area contributed by atoms with Crippen LogP contribution < -0.4 is 10.9 Å². The van der Waals surface area contributed by atoms with E-state index in [1.54, 1.807) is 13.8 Å². The minimum Gasteiger partial charge on any atom is -0.394 e. The van der Waals surface area contributed by atoms with Gasteiger partial charge in [-0.25, -0.2) is 4.98 Å². The van der Waals surface area contributed by atoms with Crippen LogP contribution >= 0.6 is 0 Å². The number of amides is 1. The Balaban J connectivity index is 2.13. The molecule has 2 aromatic heterocycles. The zero-order valence-corrected chi connectivity index (χ0v) is 13.9. The molecular formula is C15H23N5O3. The molecule has 23 heavy (non-hydrogen) atoms. The van der Waals surface area contributed by atoms with Gasteiger partial charge in [0, 0.05) is 12.0 Å². The summed E-state index contributed by atoms with van der Waals surface area (Å²) < 4.78 is 1.29. The maximum atomic E-state index is 12.4. The van der Waals surface area contributed by atoms with E-state index in [1.165, 1.54) is 4.52 Å². The van der Waals surface area contributed by atoms with Gasteiger partial charge >= 0.3 is 0 Å². The zero-order chi connectivity index (χ0) is 17.1. The first-order valence-electron chi connectivity index (χ1n) is 7.68. The molecule has 0 spiro atoms. The Labute approximate surface area is 133 Å². The van der Waals surface area contributed by atoms with Crippen LogP contribution in [-0.2, 0) is 11.2 Å². The van der Waals surface area contributed by atoms with E-state index in [2.05, 4.69) is 20.4 Å². The fraction of sp³-hybridized carbons (Fsp3) is 0.600. The van der Waals surface area contributed by atoms with Crippen molar-refractivity contribution in [3.05, 3.63) is 27.4 Å². The number of fused-ring (bicyclic) bond motifs is 1. The van der Waals surface area contributed by atoms with Gasteiger partial charge in [0.15, 0.2) is 0 Å². The number of rotatable bonds is 6. The Bertz CT molecular complexity index is 762. The maximum Gasteiger partial charge on any atom is 0.277 e. The van der Waals surface area contributed by atoms with E-state index < -0.39 is 0 Å². The van der Waals surface area contributed by atoms with Gasteiger partial charge in [0.25, 0.3) is 11.3 Å². The van der Waals surface area contributed by atoms with Crippen molar-refractivity contribution in [2.45, 2.75) is 46.6 Å². The highest BCUT2D eigenvalue weighted by molar-refractivity contribution is 5.76. The lowest BCUT2D eigenvalue weighted by atomic mass is 10.0. The minimum absolute atomic E-state index is 0.105. The number of aromatic nitrogens is 4. The molecule has 8 heteroatoms. The topological polar surface area (TPSA) is 112 Å². The molecule has 0 fully saturated rings. The summed E-state index contributed by atoms with van der Waals surface area (Å²) >= 11 is 0. The number of nitrogens with zero attached hydrogens (tertiary/aromatic N) is 3. The van der Waals surface area contributed by atoms with Gasteiger partial charge in [0.05, 0.1) is 18.3 Å². The minimum atomic E-state index is -0.277. The van der Waals surface area contributed by atoms with Crippen LogP contribution in [0.1, 0.15) is 37.4 Å². The molecule has 0 saturated carbocycles. The van der Waals surface area contributed by atoms with Crippen LogP contribution in [0, 0.1) is 19.8 Å². The lowest BCUT2D eigenvalue weighted by Gasteiger charge is -2.19. The summed E-state index contributed by atoms with van der Waals surface area (Å²) in [6, 6.07) is -0.277. The number of aryl methyl sites for hydroxylation is 2. The molecule has 126 valence electrons. The van der Waals surface area contributed by atoms with Crippen molar-refractivity contribution in [2.75, 3.05) is 6.61 Å². The Kier molecular flexibility index (Phi) is 5.15. The number of hydrogen-bond donors (Lipinski definition) is 3. The Morgan fingerprint density at radius 2 is 2.04 bits per heavy atom. The summed E-state index contributed by atoms with van der Waals surface area (Å²) in [7, 11) is 0. The molecule has 0 aliphatic rings. The number of aliphatic hydroxyl groups excluding tert-OH is 1. The fourth-order valence-electron chi connectivity index (χ4n) is 2.39. The number of H-pyrrole nitrogens is 1. The largest absolute Gasteiger partial charge is 0.394 e. The number of aliphatic hydroxyl groups is 1. The number of nitrogens with one attached hydrogen (secondary N) is 2. The monoisotopic (exact) mass is 321 g/mol. The third-order valence-corrected chi connectivity index (χ3v) is 3.86. The van der Waals surface area contributed by atoms with Crippen LogP contribution in [0.4, 0.5) is 0 Å². The van der Waals surface area contributed by atoms with Crippen LogP contribution in [0.15, 0.2) is 4.79 Å². The Hall–Kier alpha value is -2.22. The van der Waals surface area contributed by atoms with Gasteiger partial charge in [0.1, 0.15) is 5.82 Å². The van der Waals surface area contributed by atoms with E-state index >= 15 is 0 Å². The first-order valence-corrected chi connectivity index (χ1v) is 7.68. The SMILES string of the molecule is Cc1nc2nc(C)c(CCC(=O)NC(CO)C(C)C)c(=O)n2[nH]1. The molecule has 0 aliphatic heterocycles. The first kappa shape index (κ1) is 17.1. The molecule has 2 rings (SSSR count). The highest BCUT2D eigenvalue weighted by Crippen LogP contribution is 2.06. The van der Waals surface area contributed by atoms with Crippen LogP contribution in [0.2, 0.25) is 0 Å². The van der Waals surface area contributed by atoms with Crippen LogP contribution in [-0.4, -0.2) is 43.2 Å². The number of carbonyl (C=O) groups excluding carboxylic acids is 1. The van der Waals surface area contributed by atoms with Gasteiger partial charge in [-0.3, -0.25) is 14.7 Å². The average molecular weight is 321 g/mol. The van der Waals surface area contributed by atoms with E-state index in [4.69, 9.17) is 0 Å². The molecule has 1 atom stereocenters. The number of hydrogen-bond acceptors (Lipinski definition) is 5. The van der Waals surface area contributed by atoms with Gasteiger partial charge in [-0.05, 0) is 26.2 Å². The van der Waals surface area contributed by atoms with Gasteiger partial charge in [-0.2, -0.15) is 9.50 Å². The Morgan fingerprint density at radius 3 is 2.65 bits per heavy atom. The molecule has 0 saturated heterocycles. The molecule has 2 aromatic rings. The summed E-state index contributed by atoms with van der Waals surface area (Å²) in [5.41, 5.74) is 0.840. The van der Waals surface area contributed by atoms with Crippen molar-refractivity contribution < 1.29 is 9.90 Å². The van der Waals surface area contributed by atoms with Crippen molar-refractivity contribution in [3.63, 3.8) is 0 Å². The molecule has 3 N–H and O–H groups in total. The van der Waals surface area contributed by atoms with Crippen molar-refractivity contribution in [1.82, 2.24) is 24.9 Å². The summed E-state index contributed by atoms with van der Waals surface area (Å²) in [6.45, 7) is 7.24. The maximum absolute atomic E-state index is 12.4. The lowest BCUT2D eigenvalue weighted by molar-refractivity contribution is -0.122. The van der Waals surface area contributed by atoms with Crippen LogP contribution in [0.3, 0.4) is 0 Å². The van der Waals surface area contributed by atoms with Crippen molar-refractivity contribution >= 4 is 11.7 Å². The number of aromatic amines is 1. The van der Waals surface area contributed by atoms with E-state index in [-0.39, 0.29) is 36.5 Å². The molecule has 1 unspecified atom stereocenters. The quantitative estimate of drug-likeness (QED) is 0.698. The highest BCUT2D eigenvalue weighted by Gasteiger charge is 2.17. The van der Waals surface area contributed by atoms with Crippen molar-refractivity contribution in [1.29, 1.82) is 0 Å². The Morgan fingerprint density at radius 1 is 1.35 bits per heavy atom. The highest BCUT2D eigenvalue weighted by atomic mass is 16.3. The van der Waals surface area contributed by atoms with Crippen LogP contribution in [0.25, 0.3) is 5.78 Å². The second-order valence-electron chi connectivity index (χ2n) is 6.03. The summed E-state index contributed by atoms with van der Waals surface area (Å²) in [6.07, 6.45) is 0.459. The van der Waals surface area contributed by atoms with E-state index in [0.29, 0.717) is 29.3 Å². The third-order valence-electron chi connectivity index (χ3n) is 3.86. The second kappa shape index (κ2) is 6.91. The van der Waals surface area contributed by atoms with Gasteiger partial charge in [-0.1, -0.05) is 13.8 Å².